The molecule has 24 heavy (non-hydrogen) atoms. The molecule has 1 aliphatic heterocycles. The molecule has 1 aromatic carbocycles. The molecular formula is C16H20N6O2. The molecule has 0 bridgehead atoms. The van der Waals surface area contributed by atoms with Crippen molar-refractivity contribution in [3.05, 3.63) is 46.8 Å². The molecule has 2 N–H and O–H groups in total. The lowest BCUT2D eigenvalue weighted by molar-refractivity contribution is -0.384. The van der Waals surface area contributed by atoms with Crippen LogP contribution in [0.15, 0.2) is 36.7 Å². The number of non-ortho nitro benzene ring substituents is 1. The molecule has 8 heteroatoms. The highest BCUT2D eigenvalue weighted by molar-refractivity contribution is 5.61. The lowest BCUT2D eigenvalue weighted by Crippen LogP contribution is -2.36. The van der Waals surface area contributed by atoms with E-state index in [1.54, 1.807) is 12.1 Å². The quantitative estimate of drug-likeness (QED) is 0.643. The van der Waals surface area contributed by atoms with Gasteiger partial charge < -0.3 is 15.5 Å². The fraction of sp³-hybridized carbons (Fsp3) is 0.375. The second kappa shape index (κ2) is 7.22. The summed E-state index contributed by atoms with van der Waals surface area (Å²) in [5.41, 5.74) is 0.659. The van der Waals surface area contributed by atoms with E-state index in [4.69, 9.17) is 0 Å². The zero-order valence-corrected chi connectivity index (χ0v) is 13.5. The first kappa shape index (κ1) is 16.1. The SMILES string of the molecule is CN1CCC(Nc2cc(Nc3cccc([N+](=O)[O-])c3)ncn2)CC1. The normalized spacial score (nSPS) is 15.9. The van der Waals surface area contributed by atoms with Gasteiger partial charge in [0.1, 0.15) is 18.0 Å². The Labute approximate surface area is 140 Å². The van der Waals surface area contributed by atoms with E-state index in [2.05, 4.69) is 32.5 Å². The van der Waals surface area contributed by atoms with Crippen molar-refractivity contribution in [3.8, 4) is 0 Å². The second-order valence-corrected chi connectivity index (χ2v) is 5.94. The van der Waals surface area contributed by atoms with Crippen LogP contribution in [0.2, 0.25) is 0 Å². The van der Waals surface area contributed by atoms with Crippen LogP contribution in [-0.2, 0) is 0 Å². The predicted molar refractivity (Wildman–Crippen MR) is 92.6 cm³/mol. The maximum Gasteiger partial charge on any atom is 0.271 e. The number of nitrogens with one attached hydrogen (secondary N) is 2. The number of anilines is 3. The van der Waals surface area contributed by atoms with Crippen molar-refractivity contribution < 1.29 is 4.92 Å². The zero-order valence-electron chi connectivity index (χ0n) is 13.5. The molecule has 0 amide bonds. The molecule has 0 unspecified atom stereocenters. The molecule has 3 rings (SSSR count). The van der Waals surface area contributed by atoms with Gasteiger partial charge in [-0.1, -0.05) is 6.07 Å². The Hall–Kier alpha value is -2.74. The summed E-state index contributed by atoms with van der Waals surface area (Å²) < 4.78 is 0. The van der Waals surface area contributed by atoms with E-state index in [0.29, 0.717) is 17.5 Å². The molecule has 0 aliphatic carbocycles. The average Bonchev–Trinajstić information content (AvgIpc) is 2.57. The Morgan fingerprint density at radius 2 is 1.96 bits per heavy atom. The Balaban J connectivity index is 1.67. The molecule has 0 saturated carbocycles. The van der Waals surface area contributed by atoms with Crippen molar-refractivity contribution in [3.63, 3.8) is 0 Å². The van der Waals surface area contributed by atoms with Crippen LogP contribution in [0.25, 0.3) is 0 Å². The van der Waals surface area contributed by atoms with Crippen molar-refractivity contribution >= 4 is 23.0 Å². The minimum absolute atomic E-state index is 0.0405. The summed E-state index contributed by atoms with van der Waals surface area (Å²) >= 11 is 0. The van der Waals surface area contributed by atoms with Crippen LogP contribution in [0.1, 0.15) is 12.8 Å². The summed E-state index contributed by atoms with van der Waals surface area (Å²) in [5, 5.41) is 17.4. The summed E-state index contributed by atoms with van der Waals surface area (Å²) in [6.07, 6.45) is 3.64. The molecule has 1 aromatic heterocycles. The summed E-state index contributed by atoms with van der Waals surface area (Å²) in [6, 6.07) is 8.56. The number of hydrogen-bond acceptors (Lipinski definition) is 7. The predicted octanol–water partition coefficient (Wildman–Crippen LogP) is 2.63. The van der Waals surface area contributed by atoms with Crippen LogP contribution in [0.5, 0.6) is 0 Å². The fourth-order valence-electron chi connectivity index (χ4n) is 2.71. The van der Waals surface area contributed by atoms with Crippen LogP contribution in [0.3, 0.4) is 0 Å². The van der Waals surface area contributed by atoms with Gasteiger partial charge in [0.05, 0.1) is 4.92 Å². The van der Waals surface area contributed by atoms with E-state index in [-0.39, 0.29) is 5.69 Å². The smallest absolute Gasteiger partial charge is 0.271 e. The topological polar surface area (TPSA) is 96.2 Å². The second-order valence-electron chi connectivity index (χ2n) is 5.94. The summed E-state index contributed by atoms with van der Waals surface area (Å²) in [6.45, 7) is 2.14. The van der Waals surface area contributed by atoms with E-state index in [1.165, 1.54) is 18.5 Å². The van der Waals surface area contributed by atoms with Gasteiger partial charge in [-0.2, -0.15) is 0 Å². The number of benzene rings is 1. The third kappa shape index (κ3) is 4.17. The fourth-order valence-corrected chi connectivity index (χ4v) is 2.71. The Morgan fingerprint density at radius 1 is 1.21 bits per heavy atom. The molecule has 1 fully saturated rings. The first-order chi connectivity index (χ1) is 11.6. The minimum atomic E-state index is -0.418. The monoisotopic (exact) mass is 328 g/mol. The summed E-state index contributed by atoms with van der Waals surface area (Å²) in [5.74, 6) is 1.36. The Bertz CT molecular complexity index is 715. The lowest BCUT2D eigenvalue weighted by atomic mass is 10.1. The van der Waals surface area contributed by atoms with Crippen LogP contribution in [0, 0.1) is 10.1 Å². The van der Waals surface area contributed by atoms with Crippen LogP contribution in [0.4, 0.5) is 23.0 Å². The van der Waals surface area contributed by atoms with Gasteiger partial charge in [0.25, 0.3) is 5.69 Å². The lowest BCUT2D eigenvalue weighted by Gasteiger charge is -2.29. The standard InChI is InChI=1S/C16H20N6O2/c1-21-7-5-12(6-8-21)19-15-10-16(18-11-17-15)20-13-3-2-4-14(9-13)22(23)24/h2-4,9-12H,5-8H2,1H3,(H2,17,18,19,20). The van der Waals surface area contributed by atoms with Gasteiger partial charge >= 0.3 is 0 Å². The van der Waals surface area contributed by atoms with E-state index in [1.807, 2.05) is 6.07 Å². The molecule has 126 valence electrons. The van der Waals surface area contributed by atoms with Gasteiger partial charge in [-0.15, -0.1) is 0 Å². The van der Waals surface area contributed by atoms with Crippen LogP contribution in [-0.4, -0.2) is 46.0 Å². The van der Waals surface area contributed by atoms with Crippen molar-refractivity contribution in [2.24, 2.45) is 0 Å². The number of nitro groups is 1. The first-order valence-corrected chi connectivity index (χ1v) is 7.89. The summed E-state index contributed by atoms with van der Waals surface area (Å²) in [4.78, 5) is 21.2. The number of rotatable bonds is 5. The third-order valence-corrected chi connectivity index (χ3v) is 4.07. The minimum Gasteiger partial charge on any atom is -0.367 e. The number of nitrogens with zero attached hydrogens (tertiary/aromatic N) is 4. The molecule has 1 aliphatic rings. The van der Waals surface area contributed by atoms with Crippen molar-refractivity contribution in [1.29, 1.82) is 0 Å². The molecule has 2 heterocycles. The average molecular weight is 328 g/mol. The number of piperidine rings is 1. The molecule has 1 saturated heterocycles. The molecule has 0 spiro atoms. The van der Waals surface area contributed by atoms with Gasteiger partial charge in [-0.3, -0.25) is 10.1 Å². The Morgan fingerprint density at radius 3 is 2.71 bits per heavy atom. The number of nitro benzene ring substituents is 1. The molecular weight excluding hydrogens is 308 g/mol. The van der Waals surface area contributed by atoms with Crippen molar-refractivity contribution in [2.45, 2.75) is 18.9 Å². The first-order valence-electron chi connectivity index (χ1n) is 7.89. The van der Waals surface area contributed by atoms with E-state index in [9.17, 15) is 10.1 Å². The highest BCUT2D eigenvalue weighted by Crippen LogP contribution is 2.22. The third-order valence-electron chi connectivity index (χ3n) is 4.07. The number of aromatic nitrogens is 2. The molecule has 0 radical (unpaired) electrons. The highest BCUT2D eigenvalue weighted by atomic mass is 16.6. The summed E-state index contributed by atoms with van der Waals surface area (Å²) in [7, 11) is 2.13. The van der Waals surface area contributed by atoms with Gasteiger partial charge in [0.15, 0.2) is 0 Å². The van der Waals surface area contributed by atoms with Gasteiger partial charge in [0.2, 0.25) is 0 Å². The largest absolute Gasteiger partial charge is 0.367 e. The number of hydrogen-bond donors (Lipinski definition) is 2. The van der Waals surface area contributed by atoms with Gasteiger partial charge in [-0.05, 0) is 39.0 Å². The molecule has 2 aromatic rings. The van der Waals surface area contributed by atoms with Gasteiger partial charge in [-0.25, -0.2) is 9.97 Å². The Kier molecular flexibility index (Phi) is 4.85. The van der Waals surface area contributed by atoms with Gasteiger partial charge in [0, 0.05) is 29.9 Å². The van der Waals surface area contributed by atoms with Crippen LogP contribution < -0.4 is 10.6 Å². The van der Waals surface area contributed by atoms with E-state index >= 15 is 0 Å². The van der Waals surface area contributed by atoms with Crippen LogP contribution >= 0.6 is 0 Å². The zero-order chi connectivity index (χ0) is 16.9. The molecule has 8 nitrogen and oxygen atoms in total. The maximum atomic E-state index is 10.8. The van der Waals surface area contributed by atoms with E-state index in [0.717, 1.165) is 31.7 Å². The number of likely N-dealkylation sites (tertiary alicyclic amines) is 1. The maximum absolute atomic E-state index is 10.8. The van der Waals surface area contributed by atoms with E-state index < -0.39 is 4.92 Å². The molecule has 0 atom stereocenters. The van der Waals surface area contributed by atoms with Crippen molar-refractivity contribution in [1.82, 2.24) is 14.9 Å². The van der Waals surface area contributed by atoms with Crippen molar-refractivity contribution in [2.75, 3.05) is 30.8 Å². The highest BCUT2D eigenvalue weighted by Gasteiger charge is 2.16.